The fourth-order valence-electron chi connectivity index (χ4n) is 0.622. The molecule has 0 aliphatic heterocycles. The highest BCUT2D eigenvalue weighted by molar-refractivity contribution is 7.87. The smallest absolute Gasteiger partial charge is 0.286 e. The average molecular weight is 286 g/mol. The van der Waals surface area contributed by atoms with Gasteiger partial charge in [0.05, 0.1) is 12.4 Å². The maximum atomic E-state index is 11.7. The molecule has 0 aromatic carbocycles. The Hall–Kier alpha value is -0.390. The maximum Gasteiger partial charge on any atom is 0.523 e. The number of hydrogen-bond donors (Lipinski definition) is 1. The molecule has 0 atom stereocenters. The van der Waals surface area contributed by atoms with Crippen molar-refractivity contribution < 1.29 is 38.7 Å². The molecule has 0 saturated heterocycles. The Balaban J connectivity index is 3.94. The summed E-state index contributed by atoms with van der Waals surface area (Å²) in [7, 11) is -9.82. The summed E-state index contributed by atoms with van der Waals surface area (Å²) >= 11 is 0. The minimum atomic E-state index is -5.63. The van der Waals surface area contributed by atoms with Crippen LogP contribution < -0.4 is 0 Å². The van der Waals surface area contributed by atoms with Crippen LogP contribution in [0, 0.1) is 0 Å². The molecule has 16 heavy (non-hydrogen) atoms. The van der Waals surface area contributed by atoms with Gasteiger partial charge in [0, 0.05) is 0 Å². The summed E-state index contributed by atoms with van der Waals surface area (Å²) in [5, 5.41) is 0. The van der Waals surface area contributed by atoms with Gasteiger partial charge in [-0.25, -0.2) is 0 Å². The molecule has 98 valence electrons. The van der Waals surface area contributed by atoms with E-state index in [-0.39, 0.29) is 12.8 Å². The monoisotopic (exact) mass is 286 g/mol. The lowest BCUT2D eigenvalue weighted by Gasteiger charge is -2.07. The van der Waals surface area contributed by atoms with Gasteiger partial charge in [-0.05, 0) is 12.8 Å². The molecule has 11 heteroatoms. The molecule has 0 aromatic heterocycles. The van der Waals surface area contributed by atoms with Crippen LogP contribution >= 0.6 is 0 Å². The van der Waals surface area contributed by atoms with Crippen LogP contribution in [0.2, 0.25) is 0 Å². The SMILES string of the molecule is O=S(=O)(O)CCCCOS(=O)(=O)C(F)(F)F. The van der Waals surface area contributed by atoms with Crippen LogP contribution in [0.15, 0.2) is 0 Å². The van der Waals surface area contributed by atoms with Crippen molar-refractivity contribution in [3.63, 3.8) is 0 Å². The van der Waals surface area contributed by atoms with Crippen molar-refractivity contribution in [1.82, 2.24) is 0 Å². The molecule has 0 fully saturated rings. The summed E-state index contributed by atoms with van der Waals surface area (Å²) in [5.74, 6) is -0.664. The molecule has 6 nitrogen and oxygen atoms in total. The van der Waals surface area contributed by atoms with Crippen LogP contribution in [0.1, 0.15) is 12.8 Å². The molecule has 0 amide bonds. The van der Waals surface area contributed by atoms with Crippen LogP contribution in [-0.4, -0.2) is 39.3 Å². The third-order valence-corrected chi connectivity index (χ3v) is 3.17. The molecule has 0 aromatic rings. The topological polar surface area (TPSA) is 97.7 Å². The van der Waals surface area contributed by atoms with Crippen molar-refractivity contribution in [2.45, 2.75) is 18.3 Å². The summed E-state index contributed by atoms with van der Waals surface area (Å²) in [5.41, 5.74) is -5.49. The summed E-state index contributed by atoms with van der Waals surface area (Å²) in [6.45, 7) is -0.794. The Kier molecular flexibility index (Phi) is 5.16. The number of rotatable bonds is 6. The van der Waals surface area contributed by atoms with E-state index in [4.69, 9.17) is 4.55 Å². The Morgan fingerprint density at radius 2 is 1.56 bits per heavy atom. The molecule has 0 aliphatic carbocycles. The lowest BCUT2D eigenvalue weighted by Crippen LogP contribution is -2.26. The number of unbranched alkanes of at least 4 members (excludes halogenated alkanes) is 1. The van der Waals surface area contributed by atoms with E-state index in [1.54, 1.807) is 0 Å². The Labute approximate surface area is 90.3 Å². The van der Waals surface area contributed by atoms with Gasteiger partial charge in [-0.1, -0.05) is 0 Å². The minimum Gasteiger partial charge on any atom is -0.286 e. The minimum absolute atomic E-state index is 0.202. The molecule has 0 radical (unpaired) electrons. The highest BCUT2D eigenvalue weighted by Crippen LogP contribution is 2.24. The van der Waals surface area contributed by atoms with E-state index in [1.807, 2.05) is 0 Å². The van der Waals surface area contributed by atoms with Crippen molar-refractivity contribution in [2.24, 2.45) is 0 Å². The van der Waals surface area contributed by atoms with Gasteiger partial charge in [-0.3, -0.25) is 8.74 Å². The number of hydrogen-bond acceptors (Lipinski definition) is 5. The van der Waals surface area contributed by atoms with Crippen molar-refractivity contribution in [1.29, 1.82) is 0 Å². The molecule has 0 rings (SSSR count). The molecule has 0 spiro atoms. The molecule has 0 unspecified atom stereocenters. The first-order valence-electron chi connectivity index (χ1n) is 3.86. The Bertz CT molecular complexity index is 408. The van der Waals surface area contributed by atoms with Gasteiger partial charge < -0.3 is 0 Å². The third kappa shape index (κ3) is 6.25. The second-order valence-electron chi connectivity index (χ2n) is 2.71. The van der Waals surface area contributed by atoms with Crippen LogP contribution in [0.25, 0.3) is 0 Å². The second-order valence-corrected chi connectivity index (χ2v) is 5.89. The summed E-state index contributed by atoms with van der Waals surface area (Å²) < 4.78 is 87.8. The van der Waals surface area contributed by atoms with E-state index in [9.17, 15) is 30.0 Å². The van der Waals surface area contributed by atoms with Gasteiger partial charge >= 0.3 is 15.6 Å². The second kappa shape index (κ2) is 5.29. The van der Waals surface area contributed by atoms with E-state index < -0.39 is 38.1 Å². The van der Waals surface area contributed by atoms with E-state index >= 15 is 0 Å². The van der Waals surface area contributed by atoms with E-state index in [0.717, 1.165) is 0 Å². The molecule has 0 heterocycles. The zero-order chi connectivity index (χ0) is 13.0. The molecule has 0 saturated carbocycles. The van der Waals surface area contributed by atoms with E-state index in [2.05, 4.69) is 4.18 Å². The maximum absolute atomic E-state index is 11.7. The lowest BCUT2D eigenvalue weighted by molar-refractivity contribution is -0.0542. The van der Waals surface area contributed by atoms with Gasteiger partial charge in [-0.2, -0.15) is 30.0 Å². The highest BCUT2D eigenvalue weighted by atomic mass is 32.2. The first kappa shape index (κ1) is 15.6. The first-order chi connectivity index (χ1) is 6.96. The van der Waals surface area contributed by atoms with E-state index in [0.29, 0.717) is 0 Å². The van der Waals surface area contributed by atoms with Crippen molar-refractivity contribution in [3.8, 4) is 0 Å². The predicted octanol–water partition coefficient (Wildman–Crippen LogP) is 0.521. The summed E-state index contributed by atoms with van der Waals surface area (Å²) in [4.78, 5) is 0. The average Bonchev–Trinajstić information content (AvgIpc) is 1.98. The van der Waals surface area contributed by atoms with Crippen molar-refractivity contribution >= 4 is 20.2 Å². The molecule has 0 aliphatic rings. The van der Waals surface area contributed by atoms with Crippen LogP contribution in [-0.2, 0) is 24.4 Å². The standard InChI is InChI=1S/C5H9F3O6S2/c6-5(7,8)16(12,13)14-3-1-2-4-15(9,10)11/h1-4H2,(H,9,10,11). The largest absolute Gasteiger partial charge is 0.523 e. The van der Waals surface area contributed by atoms with Crippen molar-refractivity contribution in [3.05, 3.63) is 0 Å². The van der Waals surface area contributed by atoms with E-state index in [1.165, 1.54) is 0 Å². The molecular formula is C5H9F3O6S2. The van der Waals surface area contributed by atoms with Gasteiger partial charge in [0.1, 0.15) is 0 Å². The fourth-order valence-corrected chi connectivity index (χ4v) is 1.66. The Morgan fingerprint density at radius 3 is 1.94 bits per heavy atom. The Morgan fingerprint density at radius 1 is 1.06 bits per heavy atom. The summed E-state index contributed by atoms with van der Waals surface area (Å²) in [6.07, 6.45) is -0.443. The number of alkyl halides is 3. The molecule has 0 bridgehead atoms. The zero-order valence-electron chi connectivity index (χ0n) is 7.77. The predicted molar refractivity (Wildman–Crippen MR) is 46.6 cm³/mol. The van der Waals surface area contributed by atoms with Crippen molar-refractivity contribution in [2.75, 3.05) is 12.4 Å². The van der Waals surface area contributed by atoms with Crippen LogP contribution in [0.5, 0.6) is 0 Å². The van der Waals surface area contributed by atoms with Crippen LogP contribution in [0.3, 0.4) is 0 Å². The first-order valence-corrected chi connectivity index (χ1v) is 6.88. The quantitative estimate of drug-likeness (QED) is 0.331. The van der Waals surface area contributed by atoms with Gasteiger partial charge in [0.25, 0.3) is 10.1 Å². The third-order valence-electron chi connectivity index (χ3n) is 1.32. The van der Waals surface area contributed by atoms with Gasteiger partial charge in [-0.15, -0.1) is 0 Å². The number of halogens is 3. The fraction of sp³-hybridized carbons (Fsp3) is 1.00. The highest BCUT2D eigenvalue weighted by Gasteiger charge is 2.47. The normalized spacial score (nSPS) is 14.0. The zero-order valence-corrected chi connectivity index (χ0v) is 9.40. The van der Waals surface area contributed by atoms with Crippen LogP contribution in [0.4, 0.5) is 13.2 Å². The molecular weight excluding hydrogens is 277 g/mol. The lowest BCUT2D eigenvalue weighted by atomic mass is 10.4. The van der Waals surface area contributed by atoms with Gasteiger partial charge in [0.15, 0.2) is 0 Å². The summed E-state index contributed by atoms with van der Waals surface area (Å²) in [6, 6.07) is 0. The van der Waals surface area contributed by atoms with Gasteiger partial charge in [0.2, 0.25) is 0 Å². The molecule has 1 N–H and O–H groups in total.